The van der Waals surface area contributed by atoms with E-state index in [1.54, 1.807) is 12.1 Å². The topological polar surface area (TPSA) is 78.4 Å². The molecule has 5 nitrogen and oxygen atoms in total. The predicted molar refractivity (Wildman–Crippen MR) is 125 cm³/mol. The van der Waals surface area contributed by atoms with Crippen LogP contribution in [-0.2, 0) is 4.79 Å². The molecule has 0 saturated heterocycles. The minimum atomic E-state index is -0.769. The number of thioether (sulfide) groups is 1. The molecule has 0 bridgehead atoms. The zero-order valence-corrected chi connectivity index (χ0v) is 18.9. The van der Waals surface area contributed by atoms with Crippen molar-refractivity contribution in [2.24, 2.45) is 5.92 Å². The summed E-state index contributed by atoms with van der Waals surface area (Å²) >= 11 is 1.37. The Morgan fingerprint density at radius 3 is 2.48 bits per heavy atom. The second kappa shape index (κ2) is 11.9. The lowest BCUT2D eigenvalue weighted by Crippen LogP contribution is -2.31. The Hall–Kier alpha value is -2.31. The molecule has 0 heterocycles. The maximum absolute atomic E-state index is 12.7. The molecule has 31 heavy (non-hydrogen) atoms. The number of rotatable bonds is 9. The van der Waals surface area contributed by atoms with Gasteiger partial charge in [0.05, 0.1) is 17.4 Å². The van der Waals surface area contributed by atoms with Crippen LogP contribution in [0.5, 0.6) is 0 Å². The number of carbonyl (C=O) groups is 2. The predicted octanol–water partition coefficient (Wildman–Crippen LogP) is 4.25. The van der Waals surface area contributed by atoms with Gasteiger partial charge in [0, 0.05) is 18.0 Å². The zero-order chi connectivity index (χ0) is 22.1. The SMILES string of the molecule is Cc1ccc(C(O)CNC(=O)c2ccccc2SCC(=O)NCC2CCCCC2)cc1. The van der Waals surface area contributed by atoms with Crippen LogP contribution in [0.4, 0.5) is 0 Å². The molecule has 6 heteroatoms. The molecule has 166 valence electrons. The molecule has 1 fully saturated rings. The van der Waals surface area contributed by atoms with Crippen molar-refractivity contribution in [1.29, 1.82) is 0 Å². The number of aliphatic hydroxyl groups is 1. The highest BCUT2D eigenvalue weighted by Gasteiger charge is 2.17. The van der Waals surface area contributed by atoms with Gasteiger partial charge in [-0.3, -0.25) is 9.59 Å². The molecule has 2 aromatic carbocycles. The van der Waals surface area contributed by atoms with Crippen LogP contribution in [0.15, 0.2) is 53.4 Å². The van der Waals surface area contributed by atoms with Gasteiger partial charge in [-0.15, -0.1) is 11.8 Å². The Labute approximate surface area is 189 Å². The van der Waals surface area contributed by atoms with E-state index in [9.17, 15) is 14.7 Å². The van der Waals surface area contributed by atoms with Gasteiger partial charge in [0.2, 0.25) is 5.91 Å². The van der Waals surface area contributed by atoms with Gasteiger partial charge in [-0.25, -0.2) is 0 Å². The van der Waals surface area contributed by atoms with Crippen molar-refractivity contribution in [2.45, 2.75) is 50.0 Å². The molecule has 2 amide bonds. The van der Waals surface area contributed by atoms with E-state index in [1.165, 1.54) is 43.9 Å². The van der Waals surface area contributed by atoms with Gasteiger partial charge in [0.1, 0.15) is 0 Å². The van der Waals surface area contributed by atoms with Crippen molar-refractivity contribution >= 4 is 23.6 Å². The molecule has 3 rings (SSSR count). The van der Waals surface area contributed by atoms with Crippen LogP contribution in [0.1, 0.15) is 59.7 Å². The molecule has 1 aliphatic rings. The van der Waals surface area contributed by atoms with Gasteiger partial charge < -0.3 is 15.7 Å². The molecule has 0 aromatic heterocycles. The highest BCUT2D eigenvalue weighted by molar-refractivity contribution is 8.00. The van der Waals surface area contributed by atoms with E-state index in [1.807, 2.05) is 43.3 Å². The number of hydrogen-bond acceptors (Lipinski definition) is 4. The highest BCUT2D eigenvalue weighted by Crippen LogP contribution is 2.24. The van der Waals surface area contributed by atoms with Crippen molar-refractivity contribution in [1.82, 2.24) is 10.6 Å². The standard InChI is InChI=1S/C25H32N2O3S/c1-18-11-13-20(14-12-18)22(28)16-27-25(30)21-9-5-6-10-23(21)31-17-24(29)26-15-19-7-3-2-4-8-19/h5-6,9-14,19,22,28H,2-4,7-8,15-17H2,1H3,(H,26,29)(H,27,30). The molecule has 0 aliphatic heterocycles. The summed E-state index contributed by atoms with van der Waals surface area (Å²) < 4.78 is 0. The summed E-state index contributed by atoms with van der Waals surface area (Å²) in [6, 6.07) is 14.9. The van der Waals surface area contributed by atoms with Crippen LogP contribution in [-0.4, -0.2) is 35.8 Å². The van der Waals surface area contributed by atoms with Gasteiger partial charge in [-0.05, 0) is 43.4 Å². The van der Waals surface area contributed by atoms with Gasteiger partial charge in [-0.1, -0.05) is 61.2 Å². The van der Waals surface area contributed by atoms with E-state index in [0.29, 0.717) is 11.5 Å². The second-order valence-electron chi connectivity index (χ2n) is 8.23. The molecular weight excluding hydrogens is 408 g/mol. The summed E-state index contributed by atoms with van der Waals surface area (Å²) in [5.74, 6) is 0.626. The van der Waals surface area contributed by atoms with Crippen LogP contribution in [0.25, 0.3) is 0 Å². The van der Waals surface area contributed by atoms with Crippen LogP contribution >= 0.6 is 11.8 Å². The van der Waals surface area contributed by atoms with Crippen molar-refractivity contribution in [3.05, 3.63) is 65.2 Å². The molecule has 0 radical (unpaired) electrons. The maximum Gasteiger partial charge on any atom is 0.252 e. The third kappa shape index (κ3) is 7.40. The van der Waals surface area contributed by atoms with E-state index in [-0.39, 0.29) is 24.1 Å². The Bertz CT molecular complexity index is 863. The fourth-order valence-electron chi connectivity index (χ4n) is 3.81. The fourth-order valence-corrected chi connectivity index (χ4v) is 4.69. The number of carbonyl (C=O) groups excluding carboxylic acids is 2. The largest absolute Gasteiger partial charge is 0.387 e. The summed E-state index contributed by atoms with van der Waals surface area (Å²) in [4.78, 5) is 25.7. The van der Waals surface area contributed by atoms with Crippen molar-refractivity contribution < 1.29 is 14.7 Å². The third-order valence-corrected chi connectivity index (χ3v) is 6.79. The summed E-state index contributed by atoms with van der Waals surface area (Å²) in [6.45, 7) is 2.87. The Morgan fingerprint density at radius 1 is 1.03 bits per heavy atom. The summed E-state index contributed by atoms with van der Waals surface area (Å²) in [5, 5.41) is 16.2. The summed E-state index contributed by atoms with van der Waals surface area (Å²) in [7, 11) is 0. The molecule has 1 atom stereocenters. The lowest BCUT2D eigenvalue weighted by atomic mass is 9.89. The van der Waals surface area contributed by atoms with Crippen LogP contribution < -0.4 is 10.6 Å². The van der Waals surface area contributed by atoms with Gasteiger partial charge in [-0.2, -0.15) is 0 Å². The lowest BCUT2D eigenvalue weighted by Gasteiger charge is -2.21. The van der Waals surface area contributed by atoms with Crippen LogP contribution in [0.2, 0.25) is 0 Å². The monoisotopic (exact) mass is 440 g/mol. The van der Waals surface area contributed by atoms with Gasteiger partial charge in [0.25, 0.3) is 5.91 Å². The summed E-state index contributed by atoms with van der Waals surface area (Å²) in [6.07, 6.45) is 5.46. The minimum absolute atomic E-state index is 0.000535. The first-order valence-electron chi connectivity index (χ1n) is 11.0. The number of nitrogens with one attached hydrogen (secondary N) is 2. The summed E-state index contributed by atoms with van der Waals surface area (Å²) in [5.41, 5.74) is 2.40. The highest BCUT2D eigenvalue weighted by atomic mass is 32.2. The minimum Gasteiger partial charge on any atom is -0.387 e. The third-order valence-electron chi connectivity index (χ3n) is 5.72. The average molecular weight is 441 g/mol. The number of hydrogen-bond donors (Lipinski definition) is 3. The fraction of sp³-hybridized carbons (Fsp3) is 0.440. The smallest absolute Gasteiger partial charge is 0.252 e. The van der Waals surface area contributed by atoms with E-state index < -0.39 is 6.10 Å². The first-order valence-corrected chi connectivity index (χ1v) is 12.0. The molecule has 2 aromatic rings. The molecule has 1 aliphatic carbocycles. The number of benzene rings is 2. The lowest BCUT2D eigenvalue weighted by molar-refractivity contribution is -0.118. The van der Waals surface area contributed by atoms with E-state index in [0.717, 1.165) is 22.6 Å². The Balaban J connectivity index is 1.48. The molecule has 0 spiro atoms. The normalized spacial score (nSPS) is 15.3. The van der Waals surface area contributed by atoms with Gasteiger partial charge >= 0.3 is 0 Å². The quantitative estimate of drug-likeness (QED) is 0.510. The van der Waals surface area contributed by atoms with Crippen molar-refractivity contribution in [2.75, 3.05) is 18.8 Å². The zero-order valence-electron chi connectivity index (χ0n) is 18.1. The Kier molecular flexibility index (Phi) is 8.98. The molecule has 1 saturated carbocycles. The molecule has 1 unspecified atom stereocenters. The van der Waals surface area contributed by atoms with Gasteiger partial charge in [0.15, 0.2) is 0 Å². The first kappa shape index (κ1) is 23.4. The van der Waals surface area contributed by atoms with Crippen molar-refractivity contribution in [3.8, 4) is 0 Å². The molecular formula is C25H32N2O3S. The second-order valence-corrected chi connectivity index (χ2v) is 9.25. The molecule has 3 N–H and O–H groups in total. The van der Waals surface area contributed by atoms with E-state index in [4.69, 9.17) is 0 Å². The van der Waals surface area contributed by atoms with E-state index >= 15 is 0 Å². The van der Waals surface area contributed by atoms with Crippen molar-refractivity contribution in [3.63, 3.8) is 0 Å². The number of aliphatic hydroxyl groups excluding tert-OH is 1. The first-order chi connectivity index (χ1) is 15.0. The van der Waals surface area contributed by atoms with Crippen LogP contribution in [0.3, 0.4) is 0 Å². The number of aryl methyl sites for hydroxylation is 1. The van der Waals surface area contributed by atoms with E-state index in [2.05, 4.69) is 10.6 Å². The Morgan fingerprint density at radius 2 is 1.74 bits per heavy atom. The number of amides is 2. The average Bonchev–Trinajstić information content (AvgIpc) is 2.81. The maximum atomic E-state index is 12.7. The van der Waals surface area contributed by atoms with Crippen LogP contribution in [0, 0.1) is 12.8 Å².